The minimum atomic E-state index is -0.793. The highest BCUT2D eigenvalue weighted by Gasteiger charge is 2.19. The molecule has 470 valence electrons. The molecule has 0 aliphatic heterocycles. The van der Waals surface area contributed by atoms with Gasteiger partial charge in [-0.15, -0.1) is 0 Å². The van der Waals surface area contributed by atoms with Gasteiger partial charge in [0.2, 0.25) is 0 Å². The van der Waals surface area contributed by atoms with Gasteiger partial charge < -0.3 is 14.2 Å². The molecule has 0 rings (SSSR count). The normalized spacial score (nSPS) is 12.8. The first-order chi connectivity index (χ1) is 40.5. The summed E-state index contributed by atoms with van der Waals surface area (Å²) in [5.41, 5.74) is 0. The highest BCUT2D eigenvalue weighted by Crippen LogP contribution is 2.17. The molecule has 0 bridgehead atoms. The third kappa shape index (κ3) is 66.9. The molecule has 0 saturated heterocycles. The van der Waals surface area contributed by atoms with Crippen molar-refractivity contribution in [1.82, 2.24) is 0 Å². The van der Waals surface area contributed by atoms with E-state index in [0.717, 1.165) is 122 Å². The van der Waals surface area contributed by atoms with Gasteiger partial charge in [0.15, 0.2) is 6.10 Å². The maximum absolute atomic E-state index is 12.9. The zero-order valence-electron chi connectivity index (χ0n) is 54.0. The van der Waals surface area contributed by atoms with Crippen molar-refractivity contribution in [3.8, 4) is 0 Å². The van der Waals surface area contributed by atoms with E-state index in [0.29, 0.717) is 19.3 Å². The molecule has 0 fully saturated rings. The van der Waals surface area contributed by atoms with Crippen LogP contribution in [0.5, 0.6) is 0 Å². The topological polar surface area (TPSA) is 78.9 Å². The summed E-state index contributed by atoms with van der Waals surface area (Å²) in [7, 11) is 0. The fraction of sp³-hybridized carbons (Fsp3) is 0.724. The predicted molar refractivity (Wildman–Crippen MR) is 357 cm³/mol. The van der Waals surface area contributed by atoms with Crippen molar-refractivity contribution in [2.24, 2.45) is 0 Å². The van der Waals surface area contributed by atoms with Crippen molar-refractivity contribution in [1.29, 1.82) is 0 Å². The second-order valence-corrected chi connectivity index (χ2v) is 23.0. The van der Waals surface area contributed by atoms with Crippen LogP contribution in [0.15, 0.2) is 109 Å². The Hall–Kier alpha value is -3.93. The molecule has 1 atom stereocenters. The molecule has 6 nitrogen and oxygen atoms in total. The van der Waals surface area contributed by atoms with Crippen LogP contribution in [0, 0.1) is 0 Å². The smallest absolute Gasteiger partial charge is 0.306 e. The maximum atomic E-state index is 12.9. The molecule has 0 aromatic rings. The second kappa shape index (κ2) is 69.6. The molecule has 0 saturated carbocycles. The molecule has 1 unspecified atom stereocenters. The second-order valence-electron chi connectivity index (χ2n) is 23.0. The van der Waals surface area contributed by atoms with Gasteiger partial charge in [0.1, 0.15) is 13.2 Å². The SMILES string of the molecule is CC/C=C\C/C=C\C/C=C\C/C=C\C/C=C\CCCCCC(=O)OC(COC(=O)CCCCCCCCCCCC)COC(=O)CCCCCCCCCCCCCCCCCCCCCCCC/C=C\C/C=C\C/C=C\C/C=C\CC. The van der Waals surface area contributed by atoms with Gasteiger partial charge in [-0.2, -0.15) is 0 Å². The van der Waals surface area contributed by atoms with Gasteiger partial charge in [-0.3, -0.25) is 14.4 Å². The zero-order valence-corrected chi connectivity index (χ0v) is 54.0. The number of carbonyl (C=O) groups is 3. The average Bonchev–Trinajstić information content (AvgIpc) is 3.48. The fourth-order valence-electron chi connectivity index (χ4n) is 9.88. The number of unbranched alkanes of at least 4 members (excludes halogenated alkanes) is 34. The summed E-state index contributed by atoms with van der Waals surface area (Å²) < 4.78 is 16.9. The van der Waals surface area contributed by atoms with Crippen molar-refractivity contribution in [2.75, 3.05) is 13.2 Å². The molecule has 0 amide bonds. The molecule has 0 aliphatic rings. The Bertz CT molecular complexity index is 1640. The molecule has 0 heterocycles. The first kappa shape index (κ1) is 78.1. The Labute approximate surface area is 508 Å². The van der Waals surface area contributed by atoms with Gasteiger partial charge in [-0.05, 0) is 103 Å². The van der Waals surface area contributed by atoms with Crippen molar-refractivity contribution >= 4 is 17.9 Å². The van der Waals surface area contributed by atoms with E-state index >= 15 is 0 Å². The van der Waals surface area contributed by atoms with E-state index in [1.54, 1.807) is 0 Å². The van der Waals surface area contributed by atoms with Gasteiger partial charge in [0.05, 0.1) is 0 Å². The molecule has 0 aromatic heterocycles. The Kier molecular flexibility index (Phi) is 66.2. The standard InChI is InChI=1S/C76H130O6/c1-4-7-10-13-16-19-22-24-26-28-30-31-32-33-34-35-36-37-38-39-40-41-42-43-44-45-47-48-50-52-54-57-60-63-66-69-75(78)81-72-73(71-80-74(77)68-65-62-59-56-21-18-15-12-9-6-3)82-76(79)70-67-64-61-58-55-53-51-49-46-29-27-25-23-20-17-14-11-8-5-2/h7-8,10-11,16-17,19-20,24-27,30-31,46,49,53,55,73H,4-6,9,12-15,18,21-23,28-29,32-45,47-48,50-52,54,56-72H2,1-3H3/b10-7-,11-8-,19-16-,20-17-,26-24-,27-25-,31-30-,49-46-,55-53-. The first-order valence-electron chi connectivity index (χ1n) is 34.9. The van der Waals surface area contributed by atoms with Crippen LogP contribution in [0.3, 0.4) is 0 Å². The van der Waals surface area contributed by atoms with Crippen LogP contribution >= 0.6 is 0 Å². The van der Waals surface area contributed by atoms with Crippen LogP contribution in [0.4, 0.5) is 0 Å². The summed E-state index contributed by atoms with van der Waals surface area (Å²) in [6.45, 7) is 6.40. The molecule has 0 aromatic carbocycles. The zero-order chi connectivity index (χ0) is 59.2. The Morgan fingerprint density at radius 3 is 0.756 bits per heavy atom. The molecule has 6 heteroatoms. The number of allylic oxidation sites excluding steroid dienone is 18. The number of rotatable bonds is 63. The molecule has 0 spiro atoms. The third-order valence-corrected chi connectivity index (χ3v) is 15.0. The van der Waals surface area contributed by atoms with Crippen LogP contribution < -0.4 is 0 Å². The van der Waals surface area contributed by atoms with Crippen LogP contribution in [0.25, 0.3) is 0 Å². The van der Waals surface area contributed by atoms with Crippen molar-refractivity contribution in [2.45, 2.75) is 341 Å². The van der Waals surface area contributed by atoms with E-state index in [2.05, 4.69) is 130 Å². The van der Waals surface area contributed by atoms with E-state index in [-0.39, 0.29) is 31.1 Å². The van der Waals surface area contributed by atoms with E-state index in [1.165, 1.54) is 173 Å². The summed E-state index contributed by atoms with van der Waals surface area (Å²) in [6, 6.07) is 0. The van der Waals surface area contributed by atoms with Crippen molar-refractivity contribution in [3.63, 3.8) is 0 Å². The van der Waals surface area contributed by atoms with Crippen molar-refractivity contribution < 1.29 is 28.6 Å². The highest BCUT2D eigenvalue weighted by atomic mass is 16.6. The number of carbonyl (C=O) groups excluding carboxylic acids is 3. The number of hydrogen-bond donors (Lipinski definition) is 0. The average molecular weight is 1140 g/mol. The predicted octanol–water partition coefficient (Wildman–Crippen LogP) is 24.2. The molecule has 0 N–H and O–H groups in total. The first-order valence-corrected chi connectivity index (χ1v) is 34.9. The van der Waals surface area contributed by atoms with Gasteiger partial charge >= 0.3 is 17.9 Å². The molecule has 0 aliphatic carbocycles. The lowest BCUT2D eigenvalue weighted by atomic mass is 10.0. The van der Waals surface area contributed by atoms with E-state index in [1.807, 2.05) is 0 Å². The van der Waals surface area contributed by atoms with Gasteiger partial charge in [0.25, 0.3) is 0 Å². The number of ether oxygens (including phenoxy) is 3. The minimum absolute atomic E-state index is 0.0873. The van der Waals surface area contributed by atoms with Gasteiger partial charge in [-0.1, -0.05) is 323 Å². The van der Waals surface area contributed by atoms with Crippen LogP contribution in [-0.4, -0.2) is 37.2 Å². The molecule has 0 radical (unpaired) electrons. The summed E-state index contributed by atoms with van der Waals surface area (Å²) in [4.78, 5) is 38.3. The molecular formula is C76H130O6. The van der Waals surface area contributed by atoms with Crippen molar-refractivity contribution in [3.05, 3.63) is 109 Å². The number of esters is 3. The van der Waals surface area contributed by atoms with Gasteiger partial charge in [0, 0.05) is 19.3 Å². The lowest BCUT2D eigenvalue weighted by molar-refractivity contribution is -0.167. The van der Waals surface area contributed by atoms with E-state index in [9.17, 15) is 14.4 Å². The third-order valence-electron chi connectivity index (χ3n) is 15.0. The fourth-order valence-corrected chi connectivity index (χ4v) is 9.88. The minimum Gasteiger partial charge on any atom is -0.462 e. The lowest BCUT2D eigenvalue weighted by Gasteiger charge is -2.18. The van der Waals surface area contributed by atoms with Crippen LogP contribution in [0.1, 0.15) is 335 Å². The quantitative estimate of drug-likeness (QED) is 0.0261. The summed E-state index contributed by atoms with van der Waals surface area (Å²) in [6.07, 6.45) is 95.7. The van der Waals surface area contributed by atoms with E-state index in [4.69, 9.17) is 14.2 Å². The summed E-state index contributed by atoms with van der Waals surface area (Å²) in [5.74, 6) is -0.908. The van der Waals surface area contributed by atoms with Crippen LogP contribution in [-0.2, 0) is 28.6 Å². The Morgan fingerprint density at radius 1 is 0.256 bits per heavy atom. The lowest BCUT2D eigenvalue weighted by Crippen LogP contribution is -2.30. The largest absolute Gasteiger partial charge is 0.462 e. The summed E-state index contributed by atoms with van der Waals surface area (Å²) >= 11 is 0. The number of hydrogen-bond acceptors (Lipinski definition) is 6. The summed E-state index contributed by atoms with van der Waals surface area (Å²) in [5, 5.41) is 0. The molecular weight excluding hydrogens is 1010 g/mol. The Morgan fingerprint density at radius 2 is 0.476 bits per heavy atom. The van der Waals surface area contributed by atoms with Crippen LogP contribution in [0.2, 0.25) is 0 Å². The van der Waals surface area contributed by atoms with E-state index < -0.39 is 6.10 Å². The Balaban J connectivity index is 4.11. The maximum Gasteiger partial charge on any atom is 0.306 e. The molecule has 82 heavy (non-hydrogen) atoms. The highest BCUT2D eigenvalue weighted by molar-refractivity contribution is 5.71. The van der Waals surface area contributed by atoms with Gasteiger partial charge in [-0.25, -0.2) is 0 Å². The monoisotopic (exact) mass is 1140 g/mol.